The number of nitrogens with zero attached hydrogens (tertiary/aromatic N) is 2. The Morgan fingerprint density at radius 3 is 2.65 bits per heavy atom. The van der Waals surface area contributed by atoms with Crippen LogP contribution in [0.5, 0.6) is 11.5 Å². The van der Waals surface area contributed by atoms with E-state index in [4.69, 9.17) is 9.47 Å². The average molecular weight is 339 g/mol. The Balaban J connectivity index is 2.09. The average Bonchev–Trinajstić information content (AvgIpc) is 2.93. The largest absolute Gasteiger partial charge is 0.493 e. The molecule has 1 aromatic heterocycles. The minimum Gasteiger partial charge on any atom is -0.493 e. The lowest BCUT2D eigenvalue weighted by molar-refractivity contribution is 0.278. The summed E-state index contributed by atoms with van der Waals surface area (Å²) in [5.41, 5.74) is 2.05. The maximum atomic E-state index is 5.83. The number of methoxy groups -OCH3 is 1. The third-order valence-corrected chi connectivity index (χ3v) is 3.60. The molecule has 0 N–H and O–H groups in total. The summed E-state index contributed by atoms with van der Waals surface area (Å²) in [6.45, 7) is 4.63. The molecule has 0 aliphatic carbocycles. The first-order chi connectivity index (χ1) is 9.63. The Hall–Kier alpha value is -1.49. The standard InChI is InChI=1S/C15H19BrN2O2/c1-11(2)18-7-6-13(17-18)10-20-15-8-12(9-16)4-5-14(15)19-3/h4-8,11H,9-10H2,1-3H3. The number of aromatic nitrogens is 2. The SMILES string of the molecule is COc1ccc(CBr)cc1OCc1ccn(C(C)C)n1. The second-order valence-corrected chi connectivity index (χ2v) is 5.35. The van der Waals surface area contributed by atoms with Crippen molar-refractivity contribution < 1.29 is 9.47 Å². The van der Waals surface area contributed by atoms with Crippen molar-refractivity contribution in [2.45, 2.75) is 31.8 Å². The second-order valence-electron chi connectivity index (χ2n) is 4.79. The highest BCUT2D eigenvalue weighted by atomic mass is 79.9. The van der Waals surface area contributed by atoms with E-state index < -0.39 is 0 Å². The van der Waals surface area contributed by atoms with E-state index in [1.807, 2.05) is 35.1 Å². The lowest BCUT2D eigenvalue weighted by Gasteiger charge is -2.11. The summed E-state index contributed by atoms with van der Waals surface area (Å²) in [4.78, 5) is 0. The van der Waals surface area contributed by atoms with Gasteiger partial charge in [0.1, 0.15) is 6.61 Å². The molecule has 1 aromatic carbocycles. The summed E-state index contributed by atoms with van der Waals surface area (Å²) in [5.74, 6) is 1.47. The lowest BCUT2D eigenvalue weighted by atomic mass is 10.2. The molecule has 2 rings (SSSR count). The van der Waals surface area contributed by atoms with E-state index in [0.29, 0.717) is 12.6 Å². The first-order valence-electron chi connectivity index (χ1n) is 6.53. The van der Waals surface area contributed by atoms with Crippen molar-refractivity contribution in [1.82, 2.24) is 9.78 Å². The van der Waals surface area contributed by atoms with Crippen molar-refractivity contribution in [1.29, 1.82) is 0 Å². The van der Waals surface area contributed by atoms with Gasteiger partial charge in [-0.25, -0.2) is 0 Å². The van der Waals surface area contributed by atoms with Crippen LogP contribution < -0.4 is 9.47 Å². The van der Waals surface area contributed by atoms with Gasteiger partial charge in [-0.05, 0) is 37.6 Å². The molecule has 1 heterocycles. The molecule has 20 heavy (non-hydrogen) atoms. The summed E-state index contributed by atoms with van der Waals surface area (Å²) in [5, 5.41) is 5.25. The van der Waals surface area contributed by atoms with Crippen LogP contribution >= 0.6 is 15.9 Å². The molecular weight excluding hydrogens is 320 g/mol. The highest BCUT2D eigenvalue weighted by Gasteiger charge is 2.08. The van der Waals surface area contributed by atoms with Gasteiger partial charge >= 0.3 is 0 Å². The van der Waals surface area contributed by atoms with Crippen LogP contribution in [0, 0.1) is 0 Å². The quantitative estimate of drug-likeness (QED) is 0.748. The molecule has 0 saturated heterocycles. The number of benzene rings is 1. The molecule has 0 spiro atoms. The molecule has 0 unspecified atom stereocenters. The van der Waals surface area contributed by atoms with Crippen molar-refractivity contribution in [3.05, 3.63) is 41.7 Å². The van der Waals surface area contributed by atoms with Gasteiger partial charge in [-0.3, -0.25) is 4.68 Å². The van der Waals surface area contributed by atoms with Crippen molar-refractivity contribution in [2.24, 2.45) is 0 Å². The first kappa shape index (κ1) is 14.9. The van der Waals surface area contributed by atoms with Crippen molar-refractivity contribution in [2.75, 3.05) is 7.11 Å². The zero-order chi connectivity index (χ0) is 14.5. The molecule has 0 aliphatic heterocycles. The monoisotopic (exact) mass is 338 g/mol. The number of hydrogen-bond acceptors (Lipinski definition) is 3. The van der Waals surface area contributed by atoms with Crippen molar-refractivity contribution in [3.8, 4) is 11.5 Å². The van der Waals surface area contributed by atoms with Crippen molar-refractivity contribution >= 4 is 15.9 Å². The summed E-state index contributed by atoms with van der Waals surface area (Å²) < 4.78 is 13.1. The van der Waals surface area contributed by atoms with E-state index in [1.54, 1.807) is 7.11 Å². The van der Waals surface area contributed by atoms with E-state index in [-0.39, 0.29) is 0 Å². The Labute approximate surface area is 127 Å². The van der Waals surface area contributed by atoms with E-state index >= 15 is 0 Å². The molecule has 2 aromatic rings. The van der Waals surface area contributed by atoms with Crippen LogP contribution in [-0.2, 0) is 11.9 Å². The van der Waals surface area contributed by atoms with Gasteiger partial charge in [0.2, 0.25) is 0 Å². The molecule has 0 saturated carbocycles. The molecule has 4 nitrogen and oxygen atoms in total. The molecule has 0 radical (unpaired) electrons. The van der Waals surface area contributed by atoms with Gasteiger partial charge < -0.3 is 9.47 Å². The number of alkyl halides is 1. The smallest absolute Gasteiger partial charge is 0.162 e. The van der Waals surface area contributed by atoms with Gasteiger partial charge in [0.05, 0.1) is 12.8 Å². The highest BCUT2D eigenvalue weighted by molar-refractivity contribution is 9.08. The molecule has 0 fully saturated rings. The topological polar surface area (TPSA) is 36.3 Å². The Bertz CT molecular complexity index is 567. The Morgan fingerprint density at radius 1 is 1.25 bits per heavy atom. The van der Waals surface area contributed by atoms with Gasteiger partial charge in [0, 0.05) is 17.6 Å². The third-order valence-electron chi connectivity index (χ3n) is 2.95. The minimum absolute atomic E-state index is 0.356. The molecular formula is C15H19BrN2O2. The molecule has 0 amide bonds. The fraction of sp³-hybridized carbons (Fsp3) is 0.400. The first-order valence-corrected chi connectivity index (χ1v) is 7.66. The Kier molecular flexibility index (Phi) is 5.06. The summed E-state index contributed by atoms with van der Waals surface area (Å²) >= 11 is 3.44. The molecule has 0 aliphatic rings. The molecule has 108 valence electrons. The Morgan fingerprint density at radius 2 is 2.05 bits per heavy atom. The summed E-state index contributed by atoms with van der Waals surface area (Å²) in [7, 11) is 1.64. The third kappa shape index (κ3) is 3.54. The van der Waals surface area contributed by atoms with Gasteiger partial charge in [-0.2, -0.15) is 5.10 Å². The van der Waals surface area contributed by atoms with Crippen LogP contribution in [-0.4, -0.2) is 16.9 Å². The summed E-state index contributed by atoms with van der Waals surface area (Å²) in [6.07, 6.45) is 1.97. The van der Waals surface area contributed by atoms with Crippen LogP contribution in [0.1, 0.15) is 31.1 Å². The van der Waals surface area contributed by atoms with E-state index in [0.717, 1.165) is 28.1 Å². The highest BCUT2D eigenvalue weighted by Crippen LogP contribution is 2.29. The van der Waals surface area contributed by atoms with Gasteiger partial charge in [-0.15, -0.1) is 0 Å². The van der Waals surface area contributed by atoms with E-state index in [2.05, 4.69) is 34.9 Å². The fourth-order valence-electron chi connectivity index (χ4n) is 1.81. The van der Waals surface area contributed by atoms with Crippen LogP contribution in [0.3, 0.4) is 0 Å². The zero-order valence-corrected chi connectivity index (χ0v) is 13.6. The second kappa shape index (κ2) is 6.79. The maximum Gasteiger partial charge on any atom is 0.162 e. The van der Waals surface area contributed by atoms with Crippen molar-refractivity contribution in [3.63, 3.8) is 0 Å². The van der Waals surface area contributed by atoms with Gasteiger partial charge in [-0.1, -0.05) is 22.0 Å². The number of hydrogen-bond donors (Lipinski definition) is 0. The van der Waals surface area contributed by atoms with E-state index in [9.17, 15) is 0 Å². The predicted molar refractivity (Wildman–Crippen MR) is 82.6 cm³/mol. The fourth-order valence-corrected chi connectivity index (χ4v) is 2.16. The zero-order valence-electron chi connectivity index (χ0n) is 12.0. The van der Waals surface area contributed by atoms with E-state index in [1.165, 1.54) is 0 Å². The summed E-state index contributed by atoms with van der Waals surface area (Å²) in [6, 6.07) is 8.23. The predicted octanol–water partition coefficient (Wildman–Crippen LogP) is 3.95. The number of halogens is 1. The normalized spacial score (nSPS) is 10.8. The van der Waals surface area contributed by atoms with Gasteiger partial charge in [0.15, 0.2) is 11.5 Å². The van der Waals surface area contributed by atoms with Crippen LogP contribution in [0.15, 0.2) is 30.5 Å². The molecule has 5 heteroatoms. The number of ether oxygens (including phenoxy) is 2. The van der Waals surface area contributed by atoms with Crippen LogP contribution in [0.2, 0.25) is 0 Å². The lowest BCUT2D eigenvalue weighted by Crippen LogP contribution is -2.04. The van der Waals surface area contributed by atoms with Crippen LogP contribution in [0.4, 0.5) is 0 Å². The van der Waals surface area contributed by atoms with Gasteiger partial charge in [0.25, 0.3) is 0 Å². The maximum absolute atomic E-state index is 5.83. The minimum atomic E-state index is 0.356. The molecule has 0 atom stereocenters. The number of rotatable bonds is 6. The van der Waals surface area contributed by atoms with Crippen LogP contribution in [0.25, 0.3) is 0 Å². The molecule has 0 bridgehead atoms.